The van der Waals surface area contributed by atoms with Gasteiger partial charge in [0.1, 0.15) is 5.82 Å². The lowest BCUT2D eigenvalue weighted by atomic mass is 10.1. The first kappa shape index (κ1) is 20.3. The number of benzene rings is 2. The van der Waals surface area contributed by atoms with Crippen LogP contribution in [0.4, 0.5) is 16.0 Å². The monoisotopic (exact) mass is 413 g/mol. The Morgan fingerprint density at radius 2 is 1.90 bits per heavy atom. The van der Waals surface area contributed by atoms with Crippen molar-refractivity contribution in [1.29, 1.82) is 0 Å². The second-order valence-electron chi connectivity index (χ2n) is 5.91. The average molecular weight is 413 g/mol. The molecule has 0 unspecified atom stereocenters. The fourth-order valence-corrected chi connectivity index (χ4v) is 3.06. The molecule has 2 aromatic carbocycles. The molecule has 0 spiro atoms. The predicted molar refractivity (Wildman–Crippen MR) is 113 cm³/mol. The van der Waals surface area contributed by atoms with Crippen LogP contribution in [0, 0.1) is 5.82 Å². The molecule has 3 aromatic rings. The number of nitrogen functional groups attached to an aromatic ring is 1. The van der Waals surface area contributed by atoms with Gasteiger partial charge in [0.25, 0.3) is 5.95 Å². The summed E-state index contributed by atoms with van der Waals surface area (Å²) in [7, 11) is 0. The number of nitrogens with two attached hydrogens (primary N) is 1. The zero-order chi connectivity index (χ0) is 20.6. The number of amides is 1. The summed E-state index contributed by atoms with van der Waals surface area (Å²) in [5, 5.41) is 15.3. The maximum absolute atomic E-state index is 12.9. The van der Waals surface area contributed by atoms with Crippen molar-refractivity contribution in [2.24, 2.45) is 5.10 Å². The number of anilines is 2. The third kappa shape index (κ3) is 5.55. The first-order valence-electron chi connectivity index (χ1n) is 8.83. The van der Waals surface area contributed by atoms with Crippen molar-refractivity contribution >= 4 is 35.0 Å². The number of hydrazone groups is 1. The molecule has 1 aromatic heterocycles. The van der Waals surface area contributed by atoms with E-state index in [9.17, 15) is 9.18 Å². The number of nitrogens with one attached hydrogen (secondary N) is 2. The highest BCUT2D eigenvalue weighted by molar-refractivity contribution is 7.99. The van der Waals surface area contributed by atoms with E-state index in [0.717, 1.165) is 29.5 Å². The largest absolute Gasteiger partial charge is 0.334 e. The molecule has 0 radical (unpaired) electrons. The number of rotatable bonds is 8. The number of hydrogen-bond donors (Lipinski definition) is 3. The second kappa shape index (κ2) is 9.69. The van der Waals surface area contributed by atoms with E-state index in [2.05, 4.69) is 26.0 Å². The number of carbonyl (C=O) groups is 1. The SMILES string of the molecule is CC/C(=N\Nc1nnc(SCC(=O)Nc2ccc(F)cc2)n1N)c1ccccc1. The van der Waals surface area contributed by atoms with E-state index in [1.165, 1.54) is 28.9 Å². The van der Waals surface area contributed by atoms with E-state index in [0.29, 0.717) is 10.8 Å². The lowest BCUT2D eigenvalue weighted by Crippen LogP contribution is -2.17. The highest BCUT2D eigenvalue weighted by Gasteiger charge is 2.12. The van der Waals surface area contributed by atoms with Crippen molar-refractivity contribution in [2.75, 3.05) is 22.3 Å². The van der Waals surface area contributed by atoms with Gasteiger partial charge in [-0.3, -0.25) is 4.79 Å². The van der Waals surface area contributed by atoms with E-state index >= 15 is 0 Å². The molecular formula is C19H20FN7OS. The molecule has 0 fully saturated rings. The smallest absolute Gasteiger partial charge is 0.264 e. The minimum atomic E-state index is -0.366. The van der Waals surface area contributed by atoms with Crippen molar-refractivity contribution < 1.29 is 9.18 Å². The van der Waals surface area contributed by atoms with Crippen LogP contribution < -0.4 is 16.6 Å². The van der Waals surface area contributed by atoms with Crippen molar-refractivity contribution in [2.45, 2.75) is 18.5 Å². The average Bonchev–Trinajstić information content (AvgIpc) is 3.09. The normalized spacial score (nSPS) is 11.3. The molecule has 8 nitrogen and oxygen atoms in total. The van der Waals surface area contributed by atoms with Crippen LogP contribution in [0.15, 0.2) is 64.9 Å². The van der Waals surface area contributed by atoms with Gasteiger partial charge >= 0.3 is 0 Å². The lowest BCUT2D eigenvalue weighted by molar-refractivity contribution is -0.113. The number of nitrogens with zero attached hydrogens (tertiary/aromatic N) is 4. The zero-order valence-electron chi connectivity index (χ0n) is 15.7. The van der Waals surface area contributed by atoms with E-state index < -0.39 is 0 Å². The zero-order valence-corrected chi connectivity index (χ0v) is 16.5. The van der Waals surface area contributed by atoms with E-state index in [1.807, 2.05) is 37.3 Å². The Labute approximate surface area is 171 Å². The van der Waals surface area contributed by atoms with Gasteiger partial charge in [0.05, 0.1) is 11.5 Å². The summed E-state index contributed by atoms with van der Waals surface area (Å²) in [5.41, 5.74) is 5.18. The van der Waals surface area contributed by atoms with Crippen LogP contribution in [0.2, 0.25) is 0 Å². The number of halogens is 1. The maximum atomic E-state index is 12.9. The summed E-state index contributed by atoms with van der Waals surface area (Å²) in [4.78, 5) is 12.0. The Morgan fingerprint density at radius 1 is 1.17 bits per heavy atom. The van der Waals surface area contributed by atoms with Crippen molar-refractivity contribution in [1.82, 2.24) is 14.9 Å². The van der Waals surface area contributed by atoms with E-state index in [4.69, 9.17) is 5.84 Å². The minimum Gasteiger partial charge on any atom is -0.334 e. The molecule has 10 heteroatoms. The Balaban J connectivity index is 1.58. The number of hydrogen-bond acceptors (Lipinski definition) is 7. The van der Waals surface area contributed by atoms with Crippen LogP contribution in [0.1, 0.15) is 18.9 Å². The third-order valence-electron chi connectivity index (χ3n) is 3.86. The van der Waals surface area contributed by atoms with Gasteiger partial charge in [-0.2, -0.15) is 5.10 Å². The van der Waals surface area contributed by atoms with Crippen LogP contribution in [0.25, 0.3) is 0 Å². The number of aromatic nitrogens is 3. The Morgan fingerprint density at radius 3 is 2.59 bits per heavy atom. The molecule has 1 heterocycles. The molecule has 0 saturated carbocycles. The van der Waals surface area contributed by atoms with Crippen LogP contribution in [0.3, 0.4) is 0 Å². The van der Waals surface area contributed by atoms with Gasteiger partial charge < -0.3 is 11.2 Å². The summed E-state index contributed by atoms with van der Waals surface area (Å²) in [6, 6.07) is 15.3. The fourth-order valence-electron chi connectivity index (χ4n) is 2.41. The Kier molecular flexibility index (Phi) is 6.80. The highest BCUT2D eigenvalue weighted by Crippen LogP contribution is 2.18. The lowest BCUT2D eigenvalue weighted by Gasteiger charge is -2.06. The third-order valence-corrected chi connectivity index (χ3v) is 4.80. The molecule has 29 heavy (non-hydrogen) atoms. The van der Waals surface area contributed by atoms with E-state index in [-0.39, 0.29) is 23.4 Å². The molecule has 150 valence electrons. The minimum absolute atomic E-state index is 0.0696. The van der Waals surface area contributed by atoms with Crippen LogP contribution in [0.5, 0.6) is 0 Å². The van der Waals surface area contributed by atoms with Crippen molar-refractivity contribution in [3.63, 3.8) is 0 Å². The summed E-state index contributed by atoms with van der Waals surface area (Å²) in [6.45, 7) is 2.00. The van der Waals surface area contributed by atoms with Gasteiger partial charge in [-0.05, 0) is 36.2 Å². The Bertz CT molecular complexity index is 990. The molecule has 0 aliphatic carbocycles. The molecule has 0 atom stereocenters. The topological polar surface area (TPSA) is 110 Å². The maximum Gasteiger partial charge on any atom is 0.264 e. The summed E-state index contributed by atoms with van der Waals surface area (Å²) < 4.78 is 14.1. The van der Waals surface area contributed by atoms with Gasteiger partial charge in [0.15, 0.2) is 0 Å². The predicted octanol–water partition coefficient (Wildman–Crippen LogP) is 3.09. The molecule has 0 bridgehead atoms. The quantitative estimate of drug-likeness (QED) is 0.227. The van der Waals surface area contributed by atoms with E-state index in [1.54, 1.807) is 0 Å². The Hall–Kier alpha value is -3.40. The van der Waals surface area contributed by atoms with Gasteiger partial charge in [0.2, 0.25) is 11.1 Å². The van der Waals surface area contributed by atoms with Crippen LogP contribution >= 0.6 is 11.8 Å². The second-order valence-corrected chi connectivity index (χ2v) is 6.85. The standard InChI is InChI=1S/C19H20FN7OS/c1-2-16(13-6-4-3-5-7-13)23-24-18-25-26-19(27(18)21)29-12-17(28)22-15-10-8-14(20)9-11-15/h3-11H,2,12,21H2,1H3,(H,22,28)(H,24,25)/b23-16+. The molecule has 4 N–H and O–H groups in total. The first-order valence-corrected chi connectivity index (χ1v) is 9.82. The number of thioether (sulfide) groups is 1. The van der Waals surface area contributed by atoms with Crippen molar-refractivity contribution in [3.05, 3.63) is 66.0 Å². The molecule has 0 saturated heterocycles. The van der Waals surface area contributed by atoms with Gasteiger partial charge in [-0.1, -0.05) is 49.0 Å². The van der Waals surface area contributed by atoms with Gasteiger partial charge in [0, 0.05) is 5.69 Å². The fraction of sp³-hybridized carbons (Fsp3) is 0.158. The molecule has 0 aliphatic heterocycles. The first-order chi connectivity index (χ1) is 14.1. The summed E-state index contributed by atoms with van der Waals surface area (Å²) >= 11 is 1.12. The van der Waals surface area contributed by atoms with Gasteiger partial charge in [-0.25, -0.2) is 14.5 Å². The summed E-state index contributed by atoms with van der Waals surface area (Å²) in [5.74, 6) is 5.68. The van der Waals surface area contributed by atoms with Crippen molar-refractivity contribution in [3.8, 4) is 0 Å². The summed E-state index contributed by atoms with van der Waals surface area (Å²) in [6.07, 6.45) is 0.723. The number of carbonyl (C=O) groups excluding carboxylic acids is 1. The highest BCUT2D eigenvalue weighted by atomic mass is 32.2. The van der Waals surface area contributed by atoms with Crippen LogP contribution in [-0.2, 0) is 4.79 Å². The molecule has 0 aliphatic rings. The molecule has 3 rings (SSSR count). The molecule has 1 amide bonds. The molecular weight excluding hydrogens is 393 g/mol. The van der Waals surface area contributed by atoms with Crippen LogP contribution in [-0.4, -0.2) is 32.2 Å². The van der Waals surface area contributed by atoms with Gasteiger partial charge in [-0.15, -0.1) is 10.2 Å².